The Labute approximate surface area is 114 Å². The van der Waals surface area contributed by atoms with Crippen LogP contribution < -0.4 is 10.1 Å². The van der Waals surface area contributed by atoms with Gasteiger partial charge < -0.3 is 10.1 Å². The van der Waals surface area contributed by atoms with Crippen molar-refractivity contribution in [2.45, 2.75) is 56.6 Å². The Morgan fingerprint density at radius 3 is 3.21 bits per heavy atom. The smallest absolute Gasteiger partial charge is 0.123 e. The van der Waals surface area contributed by atoms with Crippen molar-refractivity contribution in [3.05, 3.63) is 29.3 Å². The molecule has 2 fully saturated rings. The molecule has 2 aliphatic carbocycles. The molecule has 1 N–H and O–H groups in total. The molecule has 4 aliphatic rings. The minimum absolute atomic E-state index is 0.311. The molecule has 5 rings (SSSR count). The average molecular weight is 255 g/mol. The zero-order chi connectivity index (χ0) is 12.7. The third-order valence-electron chi connectivity index (χ3n) is 6.66. The molecule has 0 amide bonds. The molecular formula is C17H21NO. The van der Waals surface area contributed by atoms with Gasteiger partial charge in [0.1, 0.15) is 11.9 Å². The maximum absolute atomic E-state index is 6.42. The van der Waals surface area contributed by atoms with Crippen molar-refractivity contribution in [3.8, 4) is 5.75 Å². The Morgan fingerprint density at radius 2 is 2.26 bits per heavy atom. The largest absolute Gasteiger partial charge is 0.489 e. The standard InChI is InChI=1S/C17H21NO/c1-16-7-3-6-14-17(16)8-9-18-13(16)10-11-4-2-5-12(19-14)15(11)17/h2,4-5,13-14,18H,3,6-10H2,1H3/t13-,14?,16?,17-/m1/s1. The van der Waals surface area contributed by atoms with E-state index in [2.05, 4.69) is 30.4 Å². The highest BCUT2D eigenvalue weighted by molar-refractivity contribution is 5.55. The summed E-state index contributed by atoms with van der Waals surface area (Å²) in [6.45, 7) is 3.69. The minimum Gasteiger partial charge on any atom is -0.489 e. The van der Waals surface area contributed by atoms with Gasteiger partial charge in [0.05, 0.1) is 0 Å². The van der Waals surface area contributed by atoms with Crippen LogP contribution in [0.5, 0.6) is 5.75 Å². The molecular weight excluding hydrogens is 234 g/mol. The van der Waals surface area contributed by atoms with E-state index in [-0.39, 0.29) is 0 Å². The fourth-order valence-corrected chi connectivity index (χ4v) is 5.85. The van der Waals surface area contributed by atoms with Crippen LogP contribution in [-0.4, -0.2) is 18.7 Å². The molecule has 1 spiro atoms. The zero-order valence-corrected chi connectivity index (χ0v) is 11.5. The number of piperidine rings is 1. The first-order valence-corrected chi connectivity index (χ1v) is 7.78. The van der Waals surface area contributed by atoms with Crippen molar-refractivity contribution in [1.29, 1.82) is 0 Å². The van der Waals surface area contributed by atoms with E-state index in [1.807, 2.05) is 0 Å². The van der Waals surface area contributed by atoms with Crippen LogP contribution in [0.25, 0.3) is 0 Å². The molecule has 1 aromatic carbocycles. The number of hydrogen-bond donors (Lipinski definition) is 1. The Morgan fingerprint density at radius 1 is 1.32 bits per heavy atom. The molecule has 4 atom stereocenters. The van der Waals surface area contributed by atoms with E-state index >= 15 is 0 Å². The molecule has 2 heteroatoms. The molecule has 0 radical (unpaired) electrons. The molecule has 2 nitrogen and oxygen atoms in total. The summed E-state index contributed by atoms with van der Waals surface area (Å²) in [7, 11) is 0. The van der Waals surface area contributed by atoms with Gasteiger partial charge in [0.25, 0.3) is 0 Å². The number of rotatable bonds is 0. The van der Waals surface area contributed by atoms with Gasteiger partial charge in [0.2, 0.25) is 0 Å². The number of nitrogens with one attached hydrogen (secondary N) is 1. The summed E-state index contributed by atoms with van der Waals surface area (Å²) in [6, 6.07) is 7.36. The van der Waals surface area contributed by atoms with Crippen LogP contribution in [0, 0.1) is 5.41 Å². The molecule has 2 bridgehead atoms. The second-order valence-corrected chi connectivity index (χ2v) is 7.14. The fraction of sp³-hybridized carbons (Fsp3) is 0.647. The maximum atomic E-state index is 6.42. The van der Waals surface area contributed by atoms with Crippen molar-refractivity contribution >= 4 is 0 Å². The third-order valence-corrected chi connectivity index (χ3v) is 6.66. The Balaban J connectivity index is 1.87. The lowest BCUT2D eigenvalue weighted by molar-refractivity contribution is -0.0642. The van der Waals surface area contributed by atoms with E-state index in [0.29, 0.717) is 23.0 Å². The Bertz CT molecular complexity index is 568. The van der Waals surface area contributed by atoms with Gasteiger partial charge in [-0.15, -0.1) is 0 Å². The lowest BCUT2D eigenvalue weighted by Crippen LogP contribution is -2.69. The minimum atomic E-state index is 0.311. The first-order chi connectivity index (χ1) is 9.26. The van der Waals surface area contributed by atoms with E-state index in [4.69, 9.17) is 4.74 Å². The van der Waals surface area contributed by atoms with Crippen LogP contribution in [0.1, 0.15) is 43.7 Å². The van der Waals surface area contributed by atoms with Crippen molar-refractivity contribution in [2.75, 3.05) is 6.54 Å². The van der Waals surface area contributed by atoms with Crippen molar-refractivity contribution in [1.82, 2.24) is 5.32 Å². The van der Waals surface area contributed by atoms with Crippen LogP contribution >= 0.6 is 0 Å². The molecule has 2 unspecified atom stereocenters. The summed E-state index contributed by atoms with van der Waals surface area (Å²) >= 11 is 0. The average Bonchev–Trinajstić information content (AvgIpc) is 2.71. The van der Waals surface area contributed by atoms with Gasteiger partial charge in [-0.3, -0.25) is 0 Å². The van der Waals surface area contributed by atoms with Gasteiger partial charge in [-0.05, 0) is 55.7 Å². The van der Waals surface area contributed by atoms with Gasteiger partial charge in [-0.25, -0.2) is 0 Å². The van der Waals surface area contributed by atoms with Gasteiger partial charge in [0.15, 0.2) is 0 Å². The van der Waals surface area contributed by atoms with Gasteiger partial charge in [-0.2, -0.15) is 0 Å². The molecule has 2 aliphatic heterocycles. The summed E-state index contributed by atoms with van der Waals surface area (Å²) in [5.41, 5.74) is 3.86. The predicted molar refractivity (Wildman–Crippen MR) is 74.6 cm³/mol. The van der Waals surface area contributed by atoms with E-state index in [1.54, 1.807) is 11.1 Å². The van der Waals surface area contributed by atoms with Crippen molar-refractivity contribution in [2.24, 2.45) is 5.41 Å². The molecule has 1 saturated heterocycles. The van der Waals surface area contributed by atoms with Crippen LogP contribution in [0.2, 0.25) is 0 Å². The summed E-state index contributed by atoms with van der Waals surface area (Å²) in [6.07, 6.45) is 6.82. The van der Waals surface area contributed by atoms with Crippen LogP contribution in [-0.2, 0) is 11.8 Å². The second-order valence-electron chi connectivity index (χ2n) is 7.14. The van der Waals surface area contributed by atoms with Crippen LogP contribution in [0.4, 0.5) is 0 Å². The van der Waals surface area contributed by atoms with E-state index < -0.39 is 0 Å². The van der Waals surface area contributed by atoms with E-state index in [9.17, 15) is 0 Å². The molecule has 2 heterocycles. The van der Waals surface area contributed by atoms with Crippen LogP contribution in [0.3, 0.4) is 0 Å². The summed E-state index contributed by atoms with van der Waals surface area (Å²) in [4.78, 5) is 0. The topological polar surface area (TPSA) is 21.3 Å². The molecule has 1 aromatic rings. The van der Waals surface area contributed by atoms with Crippen molar-refractivity contribution < 1.29 is 4.74 Å². The van der Waals surface area contributed by atoms with Crippen molar-refractivity contribution in [3.63, 3.8) is 0 Å². The Hall–Kier alpha value is -1.02. The monoisotopic (exact) mass is 255 g/mol. The number of hydrogen-bond acceptors (Lipinski definition) is 2. The fourth-order valence-electron chi connectivity index (χ4n) is 5.85. The third kappa shape index (κ3) is 0.992. The summed E-state index contributed by atoms with van der Waals surface area (Å²) in [5.74, 6) is 1.20. The lowest BCUT2D eigenvalue weighted by Gasteiger charge is -2.62. The van der Waals surface area contributed by atoms with Crippen LogP contribution in [0.15, 0.2) is 18.2 Å². The number of ether oxygens (including phenoxy) is 1. The summed E-state index contributed by atoms with van der Waals surface area (Å²) in [5, 5.41) is 3.81. The van der Waals surface area contributed by atoms with Gasteiger partial charge in [-0.1, -0.05) is 19.1 Å². The predicted octanol–water partition coefficient (Wildman–Crippen LogP) is 2.79. The van der Waals surface area contributed by atoms with E-state index in [0.717, 1.165) is 6.54 Å². The summed E-state index contributed by atoms with van der Waals surface area (Å²) < 4.78 is 6.42. The molecule has 1 saturated carbocycles. The molecule has 100 valence electrons. The zero-order valence-electron chi connectivity index (χ0n) is 11.5. The normalized spacial score (nSPS) is 45.5. The highest BCUT2D eigenvalue weighted by atomic mass is 16.5. The van der Waals surface area contributed by atoms with Gasteiger partial charge in [0, 0.05) is 17.0 Å². The SMILES string of the molecule is CC12CCCC3Oc4cccc5c4[C@@]31CCN[C@@H]2C5. The van der Waals surface area contributed by atoms with E-state index in [1.165, 1.54) is 37.9 Å². The first-order valence-electron chi connectivity index (χ1n) is 7.78. The molecule has 0 aromatic heterocycles. The second kappa shape index (κ2) is 3.17. The highest BCUT2D eigenvalue weighted by Crippen LogP contribution is 2.66. The molecule has 19 heavy (non-hydrogen) atoms. The highest BCUT2D eigenvalue weighted by Gasteiger charge is 2.67. The number of benzene rings is 1. The first kappa shape index (κ1) is 10.7. The quantitative estimate of drug-likeness (QED) is 0.769. The lowest BCUT2D eigenvalue weighted by atomic mass is 9.45. The Kier molecular flexibility index (Phi) is 1.79. The maximum Gasteiger partial charge on any atom is 0.123 e. The van der Waals surface area contributed by atoms with Gasteiger partial charge >= 0.3 is 0 Å².